The molecule has 1 rings (SSSR count). The van der Waals surface area contributed by atoms with Gasteiger partial charge in [-0.05, 0) is 20.5 Å². The molecule has 5 heteroatoms. The van der Waals surface area contributed by atoms with Crippen LogP contribution in [0.5, 0.6) is 0 Å². The smallest absolute Gasteiger partial charge is 0.182 e. The van der Waals surface area contributed by atoms with Crippen LogP contribution in [0.3, 0.4) is 0 Å². The lowest BCUT2D eigenvalue weighted by atomic mass is 10.1. The third-order valence-electron chi connectivity index (χ3n) is 3.58. The van der Waals surface area contributed by atoms with Crippen LogP contribution in [0.25, 0.3) is 0 Å². The number of aromatic nitrogens is 2. The van der Waals surface area contributed by atoms with Gasteiger partial charge >= 0.3 is 0 Å². The fourth-order valence-electron chi connectivity index (χ4n) is 2.29. The minimum atomic E-state index is 0.117. The van der Waals surface area contributed by atoms with Gasteiger partial charge in [0.25, 0.3) is 0 Å². The van der Waals surface area contributed by atoms with Crippen LogP contribution in [0.15, 0.2) is 6.20 Å². The van der Waals surface area contributed by atoms with Gasteiger partial charge in [0.1, 0.15) is 5.69 Å². The topological polar surface area (TPSA) is 38.1 Å². The summed E-state index contributed by atoms with van der Waals surface area (Å²) in [7, 11) is 4.01. The van der Waals surface area contributed by atoms with Gasteiger partial charge in [0.15, 0.2) is 5.78 Å². The van der Waals surface area contributed by atoms with Crippen molar-refractivity contribution in [2.24, 2.45) is 0 Å². The summed E-state index contributed by atoms with van der Waals surface area (Å²) in [6.07, 6.45) is 9.23. The molecule has 0 N–H and O–H groups in total. The molecule has 0 bridgehead atoms. The lowest BCUT2D eigenvalue weighted by Gasteiger charge is -2.11. The van der Waals surface area contributed by atoms with E-state index >= 15 is 0 Å². The summed E-state index contributed by atoms with van der Waals surface area (Å²) in [5.74, 6) is 0.117. The highest BCUT2D eigenvalue weighted by Gasteiger charge is 2.17. The molecule has 1 heterocycles. The first kappa shape index (κ1) is 18.2. The summed E-state index contributed by atoms with van der Waals surface area (Å²) in [5, 5.41) is 4.69. The van der Waals surface area contributed by atoms with E-state index in [-0.39, 0.29) is 5.78 Å². The van der Waals surface area contributed by atoms with E-state index in [9.17, 15) is 4.79 Å². The molecule has 0 fully saturated rings. The van der Waals surface area contributed by atoms with Crippen LogP contribution in [-0.2, 0) is 6.54 Å². The first-order valence-electron chi connectivity index (χ1n) is 7.95. The molecule has 1 aromatic rings. The van der Waals surface area contributed by atoms with Gasteiger partial charge in [-0.15, -0.1) is 0 Å². The average Bonchev–Trinajstić information content (AvgIpc) is 2.81. The number of hydrogen-bond acceptors (Lipinski definition) is 3. The van der Waals surface area contributed by atoms with Crippen LogP contribution in [0, 0.1) is 0 Å². The van der Waals surface area contributed by atoms with Crippen LogP contribution in [0.2, 0.25) is 5.02 Å². The molecule has 0 aromatic carbocycles. The molecule has 0 aliphatic heterocycles. The predicted molar refractivity (Wildman–Crippen MR) is 88.1 cm³/mol. The quantitative estimate of drug-likeness (QED) is 0.457. The fourth-order valence-corrected chi connectivity index (χ4v) is 2.53. The van der Waals surface area contributed by atoms with Gasteiger partial charge in [0.05, 0.1) is 17.8 Å². The van der Waals surface area contributed by atoms with E-state index in [0.29, 0.717) is 23.7 Å². The maximum Gasteiger partial charge on any atom is 0.182 e. The summed E-state index contributed by atoms with van der Waals surface area (Å²) in [5.41, 5.74) is 0.576. The standard InChI is InChI=1S/C16H28ClN3O/c1-4-5-6-7-8-9-10-15(21)16-14(17)13-18-20(16)12-11-19(2)3/h13H,4-12H2,1-3H3. The van der Waals surface area contributed by atoms with Crippen LogP contribution < -0.4 is 0 Å². The molecular weight excluding hydrogens is 286 g/mol. The van der Waals surface area contributed by atoms with Crippen LogP contribution in [0.1, 0.15) is 62.4 Å². The van der Waals surface area contributed by atoms with Crippen molar-refractivity contribution in [1.82, 2.24) is 14.7 Å². The first-order chi connectivity index (χ1) is 10.1. The van der Waals surface area contributed by atoms with Crippen molar-refractivity contribution in [2.45, 2.75) is 58.4 Å². The Kier molecular flexibility index (Phi) is 8.62. The molecule has 4 nitrogen and oxygen atoms in total. The van der Waals surface area contributed by atoms with Gasteiger partial charge < -0.3 is 4.90 Å². The van der Waals surface area contributed by atoms with Gasteiger partial charge in [0.2, 0.25) is 0 Å². The van der Waals surface area contributed by atoms with E-state index in [1.807, 2.05) is 14.1 Å². The Balaban J connectivity index is 2.44. The average molecular weight is 314 g/mol. The number of ketones is 1. The van der Waals surface area contributed by atoms with E-state index in [2.05, 4.69) is 16.9 Å². The molecule has 0 saturated heterocycles. The van der Waals surface area contributed by atoms with E-state index in [1.54, 1.807) is 10.9 Å². The Bertz CT molecular complexity index is 429. The molecule has 0 aliphatic carbocycles. The van der Waals surface area contributed by atoms with Crippen LogP contribution in [-0.4, -0.2) is 41.1 Å². The van der Waals surface area contributed by atoms with Crippen LogP contribution >= 0.6 is 11.6 Å². The number of nitrogens with zero attached hydrogens (tertiary/aromatic N) is 3. The number of rotatable bonds is 11. The first-order valence-corrected chi connectivity index (χ1v) is 8.33. The Morgan fingerprint density at radius 2 is 1.90 bits per heavy atom. The zero-order chi connectivity index (χ0) is 15.7. The van der Waals surface area contributed by atoms with Crippen molar-refractivity contribution >= 4 is 17.4 Å². The lowest BCUT2D eigenvalue weighted by Crippen LogP contribution is -2.21. The number of halogens is 1. The second kappa shape index (κ2) is 9.96. The zero-order valence-corrected chi connectivity index (χ0v) is 14.3. The van der Waals surface area contributed by atoms with Crippen molar-refractivity contribution in [3.8, 4) is 0 Å². The normalized spacial score (nSPS) is 11.3. The summed E-state index contributed by atoms with van der Waals surface area (Å²) >= 11 is 6.12. The molecule has 0 amide bonds. The van der Waals surface area contributed by atoms with Crippen molar-refractivity contribution in [1.29, 1.82) is 0 Å². The molecule has 0 radical (unpaired) electrons. The molecule has 0 atom stereocenters. The summed E-state index contributed by atoms with van der Waals surface area (Å²) < 4.78 is 1.74. The maximum atomic E-state index is 12.3. The second-order valence-corrected chi connectivity index (χ2v) is 6.22. The lowest BCUT2D eigenvalue weighted by molar-refractivity contribution is 0.0968. The van der Waals surface area contributed by atoms with Crippen molar-refractivity contribution in [3.63, 3.8) is 0 Å². The molecule has 1 aromatic heterocycles. The highest BCUT2D eigenvalue weighted by molar-refractivity contribution is 6.33. The Labute approximate surface area is 133 Å². The molecule has 21 heavy (non-hydrogen) atoms. The van der Waals surface area contributed by atoms with E-state index in [0.717, 1.165) is 19.4 Å². The summed E-state index contributed by atoms with van der Waals surface area (Å²) in [6, 6.07) is 0. The van der Waals surface area contributed by atoms with Crippen molar-refractivity contribution in [3.05, 3.63) is 16.9 Å². The zero-order valence-electron chi connectivity index (χ0n) is 13.6. The number of hydrogen-bond donors (Lipinski definition) is 0. The largest absolute Gasteiger partial charge is 0.308 e. The number of likely N-dealkylation sites (N-methyl/N-ethyl adjacent to an activating group) is 1. The Morgan fingerprint density at radius 1 is 1.24 bits per heavy atom. The third kappa shape index (κ3) is 6.62. The molecule has 0 aliphatic rings. The number of Topliss-reactive ketones (excluding diaryl/α,β-unsaturated/α-hetero) is 1. The maximum absolute atomic E-state index is 12.3. The Morgan fingerprint density at radius 3 is 2.57 bits per heavy atom. The fraction of sp³-hybridized carbons (Fsp3) is 0.750. The highest BCUT2D eigenvalue weighted by Crippen LogP contribution is 2.19. The molecule has 0 saturated carbocycles. The summed E-state index contributed by atoms with van der Waals surface area (Å²) in [6.45, 7) is 3.74. The highest BCUT2D eigenvalue weighted by atomic mass is 35.5. The SMILES string of the molecule is CCCCCCCCC(=O)c1c(Cl)cnn1CCN(C)C. The number of unbranched alkanes of at least 4 members (excludes halogenated alkanes) is 5. The van der Waals surface area contributed by atoms with E-state index in [4.69, 9.17) is 11.6 Å². The van der Waals surface area contributed by atoms with Gasteiger partial charge in [0, 0.05) is 13.0 Å². The second-order valence-electron chi connectivity index (χ2n) is 5.81. The monoisotopic (exact) mass is 313 g/mol. The van der Waals surface area contributed by atoms with Gasteiger partial charge in [-0.25, -0.2) is 0 Å². The minimum absolute atomic E-state index is 0.117. The molecule has 120 valence electrons. The van der Waals surface area contributed by atoms with Crippen LogP contribution in [0.4, 0.5) is 0 Å². The van der Waals surface area contributed by atoms with Crippen molar-refractivity contribution < 1.29 is 4.79 Å². The van der Waals surface area contributed by atoms with Gasteiger partial charge in [-0.3, -0.25) is 9.48 Å². The van der Waals surface area contributed by atoms with Gasteiger partial charge in [-0.1, -0.05) is 50.6 Å². The van der Waals surface area contributed by atoms with Gasteiger partial charge in [-0.2, -0.15) is 5.10 Å². The molecule has 0 spiro atoms. The van der Waals surface area contributed by atoms with E-state index < -0.39 is 0 Å². The molecule has 0 unspecified atom stereocenters. The third-order valence-corrected chi connectivity index (χ3v) is 3.85. The van der Waals surface area contributed by atoms with Crippen molar-refractivity contribution in [2.75, 3.05) is 20.6 Å². The summed E-state index contributed by atoms with van der Waals surface area (Å²) in [4.78, 5) is 14.4. The Hall–Kier alpha value is -0.870. The van der Waals surface area contributed by atoms with E-state index in [1.165, 1.54) is 25.7 Å². The predicted octanol–water partition coefficient (Wildman–Crippen LogP) is 4.03. The number of carbonyl (C=O) groups excluding carboxylic acids is 1. The number of carbonyl (C=O) groups is 1. The molecular formula is C16H28ClN3O. The minimum Gasteiger partial charge on any atom is -0.308 e.